The van der Waals surface area contributed by atoms with Gasteiger partial charge in [-0.3, -0.25) is 0 Å². The first-order valence-electron chi connectivity index (χ1n) is 5.95. The van der Waals surface area contributed by atoms with E-state index in [0.29, 0.717) is 11.6 Å². The van der Waals surface area contributed by atoms with Gasteiger partial charge in [-0.05, 0) is 40.8 Å². The molecule has 100 valence electrons. The summed E-state index contributed by atoms with van der Waals surface area (Å²) in [4.78, 5) is 8.75. The largest absolute Gasteiger partial charge is 0.454 e. The zero-order valence-corrected chi connectivity index (χ0v) is 13.6. The number of benzene rings is 1. The molecule has 0 radical (unpaired) electrons. The molecule has 1 heterocycles. The second-order valence-corrected chi connectivity index (χ2v) is 5.90. The fraction of sp³-hybridized carbons (Fsp3) is 0.286. The summed E-state index contributed by atoms with van der Waals surface area (Å²) in [5.41, 5.74) is 0.722. The molecule has 0 aliphatic rings. The summed E-state index contributed by atoms with van der Waals surface area (Å²) in [6.45, 7) is 4.10. The van der Waals surface area contributed by atoms with Crippen molar-refractivity contribution in [2.45, 2.75) is 25.6 Å². The molecule has 0 saturated carbocycles. The van der Waals surface area contributed by atoms with Crippen LogP contribution in [-0.2, 0) is 5.88 Å². The van der Waals surface area contributed by atoms with Crippen LogP contribution in [0.5, 0.6) is 11.5 Å². The Morgan fingerprint density at radius 2 is 2.16 bits per heavy atom. The molecule has 19 heavy (non-hydrogen) atoms. The minimum Gasteiger partial charge on any atom is -0.454 e. The summed E-state index contributed by atoms with van der Waals surface area (Å²) in [5.74, 6) is 2.74. The first kappa shape index (κ1) is 14.5. The zero-order valence-electron chi connectivity index (χ0n) is 10.7. The van der Waals surface area contributed by atoms with Crippen molar-refractivity contribution in [2.75, 3.05) is 0 Å². The lowest BCUT2D eigenvalue weighted by molar-refractivity contribution is 0.469. The number of halogens is 2. The quantitative estimate of drug-likeness (QED) is 0.561. The van der Waals surface area contributed by atoms with E-state index in [0.717, 1.165) is 20.8 Å². The molecule has 0 aliphatic heterocycles. The molecule has 0 spiro atoms. The molecule has 0 bridgehead atoms. The van der Waals surface area contributed by atoms with Gasteiger partial charge >= 0.3 is 0 Å². The average molecular weight is 389 g/mol. The first-order chi connectivity index (χ1) is 9.10. The fourth-order valence-electron chi connectivity index (χ4n) is 1.54. The Hall–Kier alpha value is -0.880. The summed E-state index contributed by atoms with van der Waals surface area (Å²) in [6, 6.07) is 7.81. The lowest BCUT2D eigenvalue weighted by atomic mass is 10.2. The van der Waals surface area contributed by atoms with Crippen LogP contribution in [0.4, 0.5) is 0 Å². The number of nitrogens with zero attached hydrogens (tertiary/aromatic N) is 2. The maximum atomic E-state index is 5.93. The van der Waals surface area contributed by atoms with E-state index in [1.54, 1.807) is 6.20 Å². The number of aromatic nitrogens is 2. The molecule has 5 heteroatoms. The Kier molecular flexibility index (Phi) is 4.99. The lowest BCUT2D eigenvalue weighted by Crippen LogP contribution is -2.02. The van der Waals surface area contributed by atoms with Crippen LogP contribution in [-0.4, -0.2) is 9.97 Å². The molecule has 3 nitrogen and oxygen atoms in total. The van der Waals surface area contributed by atoms with E-state index in [-0.39, 0.29) is 5.92 Å². The minimum absolute atomic E-state index is 0.272. The number of hydrogen-bond donors (Lipinski definition) is 0. The van der Waals surface area contributed by atoms with Crippen molar-refractivity contribution in [1.29, 1.82) is 0 Å². The van der Waals surface area contributed by atoms with E-state index >= 15 is 0 Å². The molecule has 0 saturated heterocycles. The van der Waals surface area contributed by atoms with Gasteiger partial charge in [0.2, 0.25) is 0 Å². The highest BCUT2D eigenvalue weighted by Gasteiger charge is 2.11. The highest BCUT2D eigenvalue weighted by molar-refractivity contribution is 14.1. The van der Waals surface area contributed by atoms with Gasteiger partial charge in [0.15, 0.2) is 5.75 Å². The number of ether oxygens (including phenoxy) is 1. The molecule has 0 fully saturated rings. The van der Waals surface area contributed by atoms with Crippen molar-refractivity contribution < 1.29 is 4.74 Å². The second kappa shape index (κ2) is 6.52. The van der Waals surface area contributed by atoms with Crippen molar-refractivity contribution in [3.05, 3.63) is 45.6 Å². The van der Waals surface area contributed by atoms with Gasteiger partial charge < -0.3 is 4.74 Å². The Morgan fingerprint density at radius 3 is 2.79 bits per heavy atom. The molecule has 2 rings (SSSR count). The molecule has 0 atom stereocenters. The van der Waals surface area contributed by atoms with E-state index in [9.17, 15) is 0 Å². The van der Waals surface area contributed by atoms with Crippen LogP contribution in [0.15, 0.2) is 30.5 Å². The summed E-state index contributed by atoms with van der Waals surface area (Å²) in [6.07, 6.45) is 1.69. The third-order valence-electron chi connectivity index (χ3n) is 2.51. The topological polar surface area (TPSA) is 35.0 Å². The van der Waals surface area contributed by atoms with E-state index in [2.05, 4.69) is 32.6 Å². The number of rotatable bonds is 4. The predicted octanol–water partition coefficient (Wildman–Crippen LogP) is 4.74. The van der Waals surface area contributed by atoms with E-state index in [1.807, 2.05) is 38.1 Å². The third kappa shape index (κ3) is 3.79. The Labute approximate surface area is 131 Å². The fourth-order valence-corrected chi connectivity index (χ4v) is 2.24. The van der Waals surface area contributed by atoms with Crippen molar-refractivity contribution in [1.82, 2.24) is 9.97 Å². The molecule has 0 N–H and O–H groups in total. The molecular weight excluding hydrogens is 375 g/mol. The van der Waals surface area contributed by atoms with Crippen LogP contribution < -0.4 is 4.74 Å². The van der Waals surface area contributed by atoms with Crippen molar-refractivity contribution in [3.8, 4) is 11.5 Å². The number of alkyl halides is 1. The van der Waals surface area contributed by atoms with Crippen LogP contribution >= 0.6 is 34.2 Å². The van der Waals surface area contributed by atoms with Gasteiger partial charge in [0.25, 0.3) is 0 Å². The molecule has 1 aromatic heterocycles. The van der Waals surface area contributed by atoms with Crippen LogP contribution in [0.1, 0.15) is 31.3 Å². The number of hydrogen-bond acceptors (Lipinski definition) is 3. The maximum Gasteiger partial charge on any atom is 0.168 e. The van der Waals surface area contributed by atoms with Crippen LogP contribution in [0.3, 0.4) is 0 Å². The minimum atomic E-state index is 0.272. The standard InChI is InChI=1S/C14H14ClIN2O/c1-9(2)14-17-8-13(12(7-15)18-14)19-11-5-3-4-10(16)6-11/h3-6,8-9H,7H2,1-2H3. The first-order valence-corrected chi connectivity index (χ1v) is 7.56. The average Bonchev–Trinajstić information content (AvgIpc) is 2.39. The lowest BCUT2D eigenvalue weighted by Gasteiger charge is -2.11. The highest BCUT2D eigenvalue weighted by Crippen LogP contribution is 2.26. The highest BCUT2D eigenvalue weighted by atomic mass is 127. The van der Waals surface area contributed by atoms with Gasteiger partial charge in [0, 0.05) is 9.49 Å². The Balaban J connectivity index is 2.29. The van der Waals surface area contributed by atoms with Gasteiger partial charge in [0.05, 0.1) is 12.1 Å². The van der Waals surface area contributed by atoms with Crippen LogP contribution in [0, 0.1) is 3.57 Å². The van der Waals surface area contributed by atoms with E-state index in [4.69, 9.17) is 16.3 Å². The van der Waals surface area contributed by atoms with Crippen molar-refractivity contribution >= 4 is 34.2 Å². The molecule has 0 aliphatic carbocycles. The van der Waals surface area contributed by atoms with Gasteiger partial charge in [-0.15, -0.1) is 11.6 Å². The van der Waals surface area contributed by atoms with Crippen molar-refractivity contribution in [3.63, 3.8) is 0 Å². The SMILES string of the molecule is CC(C)c1ncc(Oc2cccc(I)c2)c(CCl)n1. The van der Waals surface area contributed by atoms with E-state index in [1.165, 1.54) is 0 Å². The van der Waals surface area contributed by atoms with Gasteiger partial charge in [-0.25, -0.2) is 9.97 Å². The summed E-state index contributed by atoms with van der Waals surface area (Å²) in [7, 11) is 0. The molecule has 0 amide bonds. The van der Waals surface area contributed by atoms with E-state index < -0.39 is 0 Å². The Bertz CT molecular complexity index is 575. The third-order valence-corrected chi connectivity index (χ3v) is 3.44. The van der Waals surface area contributed by atoms with Gasteiger partial charge in [0.1, 0.15) is 17.3 Å². The monoisotopic (exact) mass is 388 g/mol. The molecular formula is C14H14ClIN2O. The van der Waals surface area contributed by atoms with Gasteiger partial charge in [-0.2, -0.15) is 0 Å². The van der Waals surface area contributed by atoms with Gasteiger partial charge in [-0.1, -0.05) is 19.9 Å². The smallest absolute Gasteiger partial charge is 0.168 e. The summed E-state index contributed by atoms with van der Waals surface area (Å²) >= 11 is 8.18. The predicted molar refractivity (Wildman–Crippen MR) is 84.9 cm³/mol. The Morgan fingerprint density at radius 1 is 1.37 bits per heavy atom. The van der Waals surface area contributed by atoms with Crippen LogP contribution in [0.25, 0.3) is 0 Å². The normalized spacial score (nSPS) is 10.8. The maximum absolute atomic E-state index is 5.93. The molecule has 1 aromatic carbocycles. The molecule has 0 unspecified atom stereocenters. The van der Waals surface area contributed by atoms with Crippen molar-refractivity contribution in [2.24, 2.45) is 0 Å². The molecule has 2 aromatic rings. The zero-order chi connectivity index (χ0) is 13.8. The summed E-state index contributed by atoms with van der Waals surface area (Å²) < 4.78 is 6.91. The second-order valence-electron chi connectivity index (χ2n) is 4.39. The summed E-state index contributed by atoms with van der Waals surface area (Å²) in [5, 5.41) is 0. The van der Waals surface area contributed by atoms with Crippen LogP contribution in [0.2, 0.25) is 0 Å².